The van der Waals surface area contributed by atoms with Gasteiger partial charge in [0.1, 0.15) is 6.04 Å². The minimum Gasteiger partial charge on any atom is -0.318 e. The van der Waals surface area contributed by atoms with Crippen LogP contribution in [-0.2, 0) is 14.6 Å². The first kappa shape index (κ1) is 11.4. The highest BCUT2D eigenvalue weighted by Crippen LogP contribution is 1.99. The van der Waals surface area contributed by atoms with Gasteiger partial charge in [-0.2, -0.15) is 4.89 Å². The molecule has 1 atom stereocenters. The van der Waals surface area contributed by atoms with Gasteiger partial charge in [0.25, 0.3) is 0 Å². The molecule has 0 aliphatic rings. The summed E-state index contributed by atoms with van der Waals surface area (Å²) in [5.74, 6) is -0.481. The van der Waals surface area contributed by atoms with Crippen LogP contribution in [0.5, 0.6) is 0 Å². The molecule has 4 heteroatoms. The molecule has 1 unspecified atom stereocenters. The van der Waals surface area contributed by atoms with Crippen LogP contribution < -0.4 is 5.73 Å². The second kappa shape index (κ2) is 7.06. The van der Waals surface area contributed by atoms with Crippen molar-refractivity contribution in [3.8, 4) is 0 Å². The molecule has 0 rings (SSSR count). The highest BCUT2D eigenvalue weighted by Gasteiger charge is 2.14. The van der Waals surface area contributed by atoms with Gasteiger partial charge in [-0.05, 0) is 13.3 Å². The quantitative estimate of drug-likeness (QED) is 0.483. The van der Waals surface area contributed by atoms with Crippen molar-refractivity contribution in [2.24, 2.45) is 5.73 Å². The van der Waals surface area contributed by atoms with Gasteiger partial charge in [0.2, 0.25) is 0 Å². The zero-order valence-corrected chi connectivity index (χ0v) is 7.71. The van der Waals surface area contributed by atoms with Gasteiger partial charge in [0, 0.05) is 0 Å². The van der Waals surface area contributed by atoms with Crippen molar-refractivity contribution in [2.45, 2.75) is 39.2 Å². The van der Waals surface area contributed by atoms with Crippen molar-refractivity contribution in [2.75, 3.05) is 6.61 Å². The Morgan fingerprint density at radius 3 is 2.67 bits per heavy atom. The molecule has 0 aliphatic carbocycles. The van der Waals surface area contributed by atoms with Crippen LogP contribution in [0.3, 0.4) is 0 Å². The molecule has 0 aromatic heterocycles. The Labute approximate surface area is 73.0 Å². The van der Waals surface area contributed by atoms with Crippen LogP contribution in [0.4, 0.5) is 0 Å². The maximum absolute atomic E-state index is 10.9. The molecule has 0 spiro atoms. The predicted molar refractivity (Wildman–Crippen MR) is 45.2 cm³/mol. The van der Waals surface area contributed by atoms with E-state index in [9.17, 15) is 4.79 Å². The van der Waals surface area contributed by atoms with Crippen LogP contribution in [0.1, 0.15) is 33.1 Å². The average molecular weight is 175 g/mol. The number of nitrogens with two attached hydrogens (primary N) is 1. The number of rotatable bonds is 6. The van der Waals surface area contributed by atoms with E-state index < -0.39 is 12.0 Å². The van der Waals surface area contributed by atoms with Crippen molar-refractivity contribution in [1.82, 2.24) is 0 Å². The molecule has 0 saturated heterocycles. The lowest BCUT2D eigenvalue weighted by molar-refractivity contribution is -0.270. The van der Waals surface area contributed by atoms with Crippen LogP contribution >= 0.6 is 0 Å². The Hall–Kier alpha value is -0.610. The summed E-state index contributed by atoms with van der Waals surface area (Å²) in [4.78, 5) is 19.8. The number of hydrogen-bond donors (Lipinski definition) is 1. The first-order valence-electron chi connectivity index (χ1n) is 4.31. The van der Waals surface area contributed by atoms with Gasteiger partial charge in [0.15, 0.2) is 0 Å². The lowest BCUT2D eigenvalue weighted by Crippen LogP contribution is -2.32. The van der Waals surface area contributed by atoms with Crippen LogP contribution in [0.15, 0.2) is 0 Å². The molecule has 2 N–H and O–H groups in total. The lowest BCUT2D eigenvalue weighted by Gasteiger charge is -2.08. The molecule has 12 heavy (non-hydrogen) atoms. The molecule has 0 heterocycles. The van der Waals surface area contributed by atoms with E-state index >= 15 is 0 Å². The highest BCUT2D eigenvalue weighted by atomic mass is 17.2. The fourth-order valence-corrected chi connectivity index (χ4v) is 0.721. The minimum absolute atomic E-state index is 0.353. The summed E-state index contributed by atoms with van der Waals surface area (Å²) < 4.78 is 0. The van der Waals surface area contributed by atoms with Gasteiger partial charge in [0.05, 0.1) is 6.61 Å². The van der Waals surface area contributed by atoms with Gasteiger partial charge in [-0.15, -0.1) is 0 Å². The van der Waals surface area contributed by atoms with Crippen LogP contribution in [-0.4, -0.2) is 18.6 Å². The molecule has 0 saturated carbocycles. The van der Waals surface area contributed by atoms with E-state index in [2.05, 4.69) is 9.78 Å². The zero-order valence-electron chi connectivity index (χ0n) is 7.71. The van der Waals surface area contributed by atoms with Crippen LogP contribution in [0.2, 0.25) is 0 Å². The highest BCUT2D eigenvalue weighted by molar-refractivity contribution is 5.74. The molecule has 4 nitrogen and oxygen atoms in total. The summed E-state index contributed by atoms with van der Waals surface area (Å²) in [6, 6.07) is -0.545. The fraction of sp³-hybridized carbons (Fsp3) is 0.875. The summed E-state index contributed by atoms with van der Waals surface area (Å²) >= 11 is 0. The molecular formula is C8H17NO3. The van der Waals surface area contributed by atoms with E-state index in [1.165, 1.54) is 0 Å². The van der Waals surface area contributed by atoms with Gasteiger partial charge >= 0.3 is 5.97 Å². The minimum atomic E-state index is -0.545. The summed E-state index contributed by atoms with van der Waals surface area (Å²) in [5.41, 5.74) is 5.49. The molecule has 0 radical (unpaired) electrons. The van der Waals surface area contributed by atoms with E-state index in [0.29, 0.717) is 13.0 Å². The molecule has 72 valence electrons. The van der Waals surface area contributed by atoms with E-state index in [4.69, 9.17) is 5.73 Å². The lowest BCUT2D eigenvalue weighted by atomic mass is 10.1. The van der Waals surface area contributed by atoms with Crippen molar-refractivity contribution in [1.29, 1.82) is 0 Å². The number of carbonyl (C=O) groups is 1. The van der Waals surface area contributed by atoms with E-state index in [1.54, 1.807) is 6.92 Å². The van der Waals surface area contributed by atoms with Crippen molar-refractivity contribution >= 4 is 5.97 Å². The summed E-state index contributed by atoms with van der Waals surface area (Å²) in [7, 11) is 0. The monoisotopic (exact) mass is 175 g/mol. The summed E-state index contributed by atoms with van der Waals surface area (Å²) in [5, 5.41) is 0. The maximum atomic E-state index is 10.9. The largest absolute Gasteiger partial charge is 0.358 e. The smallest absolute Gasteiger partial charge is 0.318 e. The molecule has 0 fully saturated rings. The van der Waals surface area contributed by atoms with Gasteiger partial charge < -0.3 is 5.73 Å². The predicted octanol–water partition coefficient (Wildman–Crippen LogP) is 0.999. The topological polar surface area (TPSA) is 61.6 Å². The SMILES string of the molecule is CCCCC(N)C(=O)OOCC. The third-order valence-electron chi connectivity index (χ3n) is 1.43. The summed E-state index contributed by atoms with van der Waals surface area (Å²) in [6.45, 7) is 4.14. The fourth-order valence-electron chi connectivity index (χ4n) is 0.721. The molecule has 0 bridgehead atoms. The Morgan fingerprint density at radius 1 is 1.50 bits per heavy atom. The Kier molecular flexibility index (Phi) is 6.70. The maximum Gasteiger partial charge on any atom is 0.358 e. The zero-order chi connectivity index (χ0) is 9.40. The first-order valence-corrected chi connectivity index (χ1v) is 4.31. The Balaban J connectivity index is 3.47. The third kappa shape index (κ3) is 5.09. The van der Waals surface area contributed by atoms with E-state index in [-0.39, 0.29) is 0 Å². The third-order valence-corrected chi connectivity index (χ3v) is 1.43. The average Bonchev–Trinajstić information content (AvgIpc) is 2.10. The second-order valence-electron chi connectivity index (χ2n) is 2.56. The first-order chi connectivity index (χ1) is 5.72. The van der Waals surface area contributed by atoms with Crippen LogP contribution in [0.25, 0.3) is 0 Å². The van der Waals surface area contributed by atoms with Gasteiger partial charge in [-0.25, -0.2) is 4.79 Å². The molecule has 0 aromatic rings. The van der Waals surface area contributed by atoms with Crippen molar-refractivity contribution in [3.05, 3.63) is 0 Å². The van der Waals surface area contributed by atoms with Crippen molar-refractivity contribution in [3.63, 3.8) is 0 Å². The molecule has 0 amide bonds. The van der Waals surface area contributed by atoms with Crippen molar-refractivity contribution < 1.29 is 14.6 Å². The molecular weight excluding hydrogens is 158 g/mol. The second-order valence-corrected chi connectivity index (χ2v) is 2.56. The van der Waals surface area contributed by atoms with E-state index in [1.807, 2.05) is 6.92 Å². The van der Waals surface area contributed by atoms with Gasteiger partial charge in [-0.1, -0.05) is 19.8 Å². The van der Waals surface area contributed by atoms with E-state index in [0.717, 1.165) is 12.8 Å². The number of unbranched alkanes of at least 4 members (excludes halogenated alkanes) is 1. The molecule has 0 aromatic carbocycles. The Morgan fingerprint density at radius 2 is 2.17 bits per heavy atom. The standard InChI is InChI=1S/C8H17NO3/c1-3-5-6-7(9)8(10)12-11-4-2/h7H,3-6,9H2,1-2H3. The normalized spacial score (nSPS) is 12.6. The van der Waals surface area contributed by atoms with Crippen LogP contribution in [0, 0.1) is 0 Å². The van der Waals surface area contributed by atoms with Gasteiger partial charge in [-0.3, -0.25) is 4.89 Å². The number of hydrogen-bond acceptors (Lipinski definition) is 4. The number of carbonyl (C=O) groups excluding carboxylic acids is 1. The molecule has 0 aliphatic heterocycles. The summed E-state index contributed by atoms with van der Waals surface area (Å²) in [6.07, 6.45) is 2.61. The Bertz CT molecular complexity index is 127.